The molecule has 0 heterocycles. The number of hydrogen-bond donors (Lipinski definition) is 0. The highest BCUT2D eigenvalue weighted by Gasteiger charge is 1.97. The number of carbonyl (C=O) groups excluding carboxylic acids is 1. The third-order valence-corrected chi connectivity index (χ3v) is 2.08. The first-order chi connectivity index (χ1) is 6.63. The number of methoxy groups -OCH3 is 1. The lowest BCUT2D eigenvalue weighted by Crippen LogP contribution is -1.99. The van der Waals surface area contributed by atoms with Crippen molar-refractivity contribution in [3.05, 3.63) is 28.8 Å². The summed E-state index contributed by atoms with van der Waals surface area (Å²) < 4.78 is 4.40. The van der Waals surface area contributed by atoms with Gasteiger partial charge in [-0.15, -0.1) is 0 Å². The van der Waals surface area contributed by atoms with Gasteiger partial charge >= 0.3 is 5.97 Å². The van der Waals surface area contributed by atoms with Crippen LogP contribution in [-0.2, 0) is 9.53 Å². The molecule has 74 valence electrons. The van der Waals surface area contributed by atoms with E-state index in [0.29, 0.717) is 10.7 Å². The van der Waals surface area contributed by atoms with Gasteiger partial charge in [0.1, 0.15) is 6.21 Å². The van der Waals surface area contributed by atoms with E-state index in [-0.39, 0.29) is 0 Å². The van der Waals surface area contributed by atoms with E-state index in [1.165, 1.54) is 7.11 Å². The molecule has 1 rings (SSSR count). The summed E-state index contributed by atoms with van der Waals surface area (Å²) in [4.78, 5) is 14.6. The smallest absolute Gasteiger partial charge is 0.349 e. The van der Waals surface area contributed by atoms with Crippen molar-refractivity contribution in [3.8, 4) is 0 Å². The average Bonchev–Trinajstić information content (AvgIpc) is 2.19. The molecule has 0 aliphatic carbocycles. The number of hydrogen-bond acceptors (Lipinski definition) is 3. The molecule has 0 aliphatic heterocycles. The van der Waals surface area contributed by atoms with Crippen LogP contribution in [0.5, 0.6) is 0 Å². The summed E-state index contributed by atoms with van der Waals surface area (Å²) in [6.07, 6.45) is 1.11. The molecule has 0 unspecified atom stereocenters. The third-order valence-electron chi connectivity index (χ3n) is 1.68. The molecular formula is C10H10ClNO2. The van der Waals surface area contributed by atoms with Crippen molar-refractivity contribution in [1.29, 1.82) is 0 Å². The summed E-state index contributed by atoms with van der Waals surface area (Å²) >= 11 is 5.87. The lowest BCUT2D eigenvalue weighted by atomic mass is 10.2. The van der Waals surface area contributed by atoms with Crippen LogP contribution in [-0.4, -0.2) is 19.3 Å². The van der Waals surface area contributed by atoms with E-state index < -0.39 is 5.97 Å². The fourth-order valence-electron chi connectivity index (χ4n) is 0.842. The first-order valence-electron chi connectivity index (χ1n) is 4.01. The van der Waals surface area contributed by atoms with Crippen LogP contribution in [0.3, 0.4) is 0 Å². The largest absolute Gasteiger partial charge is 0.465 e. The second kappa shape index (κ2) is 4.77. The number of nitrogens with zero attached hydrogens (tertiary/aromatic N) is 1. The van der Waals surface area contributed by atoms with Crippen LogP contribution in [0, 0.1) is 6.92 Å². The molecular weight excluding hydrogens is 202 g/mol. The topological polar surface area (TPSA) is 38.7 Å². The Morgan fingerprint density at radius 3 is 2.86 bits per heavy atom. The molecule has 0 saturated heterocycles. The minimum Gasteiger partial charge on any atom is -0.465 e. The number of carbonyl (C=O) groups is 1. The molecule has 0 amide bonds. The highest BCUT2D eigenvalue weighted by molar-refractivity contribution is 6.31. The van der Waals surface area contributed by atoms with E-state index in [0.717, 1.165) is 11.8 Å². The van der Waals surface area contributed by atoms with Gasteiger partial charge in [0.05, 0.1) is 12.8 Å². The lowest BCUT2D eigenvalue weighted by Gasteiger charge is -1.98. The number of ether oxygens (including phenoxy) is 1. The summed E-state index contributed by atoms with van der Waals surface area (Å²) in [7, 11) is 1.30. The minimum absolute atomic E-state index is 0.485. The molecule has 0 aliphatic rings. The summed E-state index contributed by atoms with van der Waals surface area (Å²) in [6.45, 7) is 1.90. The molecule has 3 nitrogen and oxygen atoms in total. The molecule has 0 atom stereocenters. The van der Waals surface area contributed by atoms with Crippen molar-refractivity contribution >= 4 is 29.5 Å². The molecule has 0 N–H and O–H groups in total. The van der Waals surface area contributed by atoms with Crippen LogP contribution >= 0.6 is 11.6 Å². The van der Waals surface area contributed by atoms with E-state index in [4.69, 9.17) is 11.6 Å². The van der Waals surface area contributed by atoms with Crippen molar-refractivity contribution in [2.45, 2.75) is 6.92 Å². The zero-order valence-corrected chi connectivity index (χ0v) is 8.71. The number of aryl methyl sites for hydroxylation is 1. The predicted octanol–water partition coefficient (Wildman–Crippen LogP) is 2.52. The fourth-order valence-corrected chi connectivity index (χ4v) is 1.02. The van der Waals surface area contributed by atoms with Gasteiger partial charge in [0.15, 0.2) is 0 Å². The molecule has 0 aromatic heterocycles. The van der Waals surface area contributed by atoms with Crippen LogP contribution in [0.4, 0.5) is 5.69 Å². The Morgan fingerprint density at radius 1 is 1.57 bits per heavy atom. The maximum absolute atomic E-state index is 10.7. The van der Waals surface area contributed by atoms with E-state index in [2.05, 4.69) is 9.73 Å². The van der Waals surface area contributed by atoms with Crippen molar-refractivity contribution < 1.29 is 9.53 Å². The average molecular weight is 212 g/mol. The zero-order chi connectivity index (χ0) is 10.6. The molecule has 14 heavy (non-hydrogen) atoms. The Morgan fingerprint density at radius 2 is 2.29 bits per heavy atom. The van der Waals surface area contributed by atoms with Crippen LogP contribution in [0.15, 0.2) is 23.2 Å². The number of aliphatic imine (C=N–C) groups is 1. The van der Waals surface area contributed by atoms with Crippen LogP contribution in [0.2, 0.25) is 5.02 Å². The van der Waals surface area contributed by atoms with E-state index in [1.54, 1.807) is 12.1 Å². The van der Waals surface area contributed by atoms with E-state index in [9.17, 15) is 4.79 Å². The fraction of sp³-hybridized carbons (Fsp3) is 0.200. The summed E-state index contributed by atoms with van der Waals surface area (Å²) in [6, 6.07) is 5.31. The number of halogens is 1. The van der Waals surface area contributed by atoms with Crippen molar-refractivity contribution in [2.75, 3.05) is 7.11 Å². The van der Waals surface area contributed by atoms with Crippen LogP contribution in [0.1, 0.15) is 5.56 Å². The van der Waals surface area contributed by atoms with Gasteiger partial charge in [0.25, 0.3) is 0 Å². The first-order valence-corrected chi connectivity index (χ1v) is 4.39. The third kappa shape index (κ3) is 2.85. The zero-order valence-electron chi connectivity index (χ0n) is 7.95. The second-order valence-electron chi connectivity index (χ2n) is 2.71. The van der Waals surface area contributed by atoms with Gasteiger partial charge in [-0.05, 0) is 24.6 Å². The van der Waals surface area contributed by atoms with Gasteiger partial charge in [-0.3, -0.25) is 0 Å². The Kier molecular flexibility index (Phi) is 3.65. The molecule has 4 heteroatoms. The van der Waals surface area contributed by atoms with E-state index >= 15 is 0 Å². The quantitative estimate of drug-likeness (QED) is 0.557. The van der Waals surface area contributed by atoms with E-state index in [1.807, 2.05) is 13.0 Å². The van der Waals surface area contributed by atoms with Crippen molar-refractivity contribution in [2.24, 2.45) is 4.99 Å². The van der Waals surface area contributed by atoms with Gasteiger partial charge in [0.2, 0.25) is 0 Å². The molecule has 0 spiro atoms. The minimum atomic E-state index is -0.485. The lowest BCUT2D eigenvalue weighted by molar-refractivity contribution is -0.132. The Hall–Kier alpha value is -1.35. The van der Waals surface area contributed by atoms with Crippen molar-refractivity contribution in [1.82, 2.24) is 0 Å². The number of esters is 1. The second-order valence-corrected chi connectivity index (χ2v) is 3.12. The van der Waals surface area contributed by atoms with Gasteiger partial charge in [0, 0.05) is 5.02 Å². The number of benzene rings is 1. The maximum atomic E-state index is 10.7. The SMILES string of the molecule is COC(=O)C=Nc1ccc(C)c(Cl)c1. The Bertz CT molecular complexity index is 374. The predicted molar refractivity (Wildman–Crippen MR) is 56.4 cm³/mol. The molecule has 1 aromatic carbocycles. The van der Waals surface area contributed by atoms with Gasteiger partial charge in [-0.25, -0.2) is 9.79 Å². The number of rotatable bonds is 2. The monoisotopic (exact) mass is 211 g/mol. The molecule has 0 saturated carbocycles. The highest BCUT2D eigenvalue weighted by atomic mass is 35.5. The highest BCUT2D eigenvalue weighted by Crippen LogP contribution is 2.21. The molecule has 0 radical (unpaired) electrons. The van der Waals surface area contributed by atoms with Crippen molar-refractivity contribution in [3.63, 3.8) is 0 Å². The maximum Gasteiger partial charge on any atom is 0.349 e. The summed E-state index contributed by atoms with van der Waals surface area (Å²) in [5.74, 6) is -0.485. The summed E-state index contributed by atoms with van der Waals surface area (Å²) in [5, 5.41) is 0.629. The first kappa shape index (κ1) is 10.7. The summed E-state index contributed by atoms with van der Waals surface area (Å²) in [5.41, 5.74) is 1.61. The van der Waals surface area contributed by atoms with Gasteiger partial charge in [-0.1, -0.05) is 17.7 Å². The van der Waals surface area contributed by atoms with Crippen LogP contribution in [0.25, 0.3) is 0 Å². The normalized spacial score (nSPS) is 10.5. The Balaban J connectivity index is 2.83. The Labute approximate surface area is 87.4 Å². The van der Waals surface area contributed by atoms with Gasteiger partial charge in [-0.2, -0.15) is 0 Å². The molecule has 1 aromatic rings. The standard InChI is InChI=1S/C10H10ClNO2/c1-7-3-4-8(5-9(7)11)12-6-10(13)14-2/h3-6H,1-2H3. The van der Waals surface area contributed by atoms with Gasteiger partial charge < -0.3 is 4.74 Å². The molecule has 0 bridgehead atoms. The molecule has 0 fully saturated rings. The van der Waals surface area contributed by atoms with Crippen LogP contribution < -0.4 is 0 Å².